The van der Waals surface area contributed by atoms with Crippen molar-refractivity contribution >= 4 is 5.71 Å². The van der Waals surface area contributed by atoms with Crippen LogP contribution in [0, 0.1) is 13.8 Å². The number of aromatic amines is 1. The van der Waals surface area contributed by atoms with Crippen LogP contribution >= 0.6 is 0 Å². The summed E-state index contributed by atoms with van der Waals surface area (Å²) >= 11 is 0. The highest BCUT2D eigenvalue weighted by Gasteiger charge is 2.12. The van der Waals surface area contributed by atoms with E-state index in [9.17, 15) is 4.79 Å². The lowest BCUT2D eigenvalue weighted by Crippen LogP contribution is -2.23. The Labute approximate surface area is 125 Å². The number of hydrogen-bond donors (Lipinski definition) is 1. The van der Waals surface area contributed by atoms with E-state index in [1.165, 1.54) is 5.56 Å². The Morgan fingerprint density at radius 2 is 2.10 bits per heavy atom. The molecule has 0 spiro atoms. The van der Waals surface area contributed by atoms with Gasteiger partial charge < -0.3 is 4.98 Å². The Morgan fingerprint density at radius 1 is 1.33 bits per heavy atom. The minimum Gasteiger partial charge on any atom is -0.310 e. The Morgan fingerprint density at radius 3 is 2.67 bits per heavy atom. The molecular formula is C17H21N3O. The average Bonchev–Trinajstić information content (AvgIpc) is 2.43. The summed E-state index contributed by atoms with van der Waals surface area (Å²) in [6, 6.07) is 8.22. The molecule has 0 aliphatic rings. The third kappa shape index (κ3) is 3.45. The summed E-state index contributed by atoms with van der Waals surface area (Å²) in [5.74, 6) is 0.693. The van der Waals surface area contributed by atoms with Gasteiger partial charge in [0, 0.05) is 19.2 Å². The predicted octanol–water partition coefficient (Wildman–Crippen LogP) is 2.81. The first kappa shape index (κ1) is 15.2. The smallest absolute Gasteiger partial charge is 0.260 e. The minimum atomic E-state index is -0.104. The van der Waals surface area contributed by atoms with E-state index in [1.807, 2.05) is 26.0 Å². The van der Waals surface area contributed by atoms with Crippen molar-refractivity contribution < 1.29 is 0 Å². The van der Waals surface area contributed by atoms with Gasteiger partial charge in [0.2, 0.25) is 0 Å². The van der Waals surface area contributed by atoms with E-state index in [4.69, 9.17) is 0 Å². The lowest BCUT2D eigenvalue weighted by atomic mass is 10.1. The van der Waals surface area contributed by atoms with Crippen molar-refractivity contribution in [1.29, 1.82) is 0 Å². The Hall–Kier alpha value is -2.23. The molecule has 1 N–H and O–H groups in total. The maximum atomic E-state index is 12.3. The number of aromatic nitrogens is 2. The summed E-state index contributed by atoms with van der Waals surface area (Å²) in [4.78, 5) is 23.9. The molecule has 1 heterocycles. The molecule has 0 saturated carbocycles. The van der Waals surface area contributed by atoms with E-state index in [0.29, 0.717) is 17.8 Å². The van der Waals surface area contributed by atoms with Crippen molar-refractivity contribution in [3.8, 4) is 0 Å². The van der Waals surface area contributed by atoms with E-state index in [1.54, 1.807) is 7.05 Å². The second-order valence-electron chi connectivity index (χ2n) is 5.16. The summed E-state index contributed by atoms with van der Waals surface area (Å²) in [5, 5.41) is 0. The number of benzene rings is 1. The molecule has 4 heteroatoms. The molecule has 0 unspecified atom stereocenters. The second kappa shape index (κ2) is 6.48. The fourth-order valence-corrected chi connectivity index (χ4v) is 2.53. The van der Waals surface area contributed by atoms with Crippen molar-refractivity contribution in [1.82, 2.24) is 9.97 Å². The first-order valence-corrected chi connectivity index (χ1v) is 7.16. The highest BCUT2D eigenvalue weighted by atomic mass is 16.1. The zero-order valence-corrected chi connectivity index (χ0v) is 13.0. The van der Waals surface area contributed by atoms with Crippen molar-refractivity contribution in [3.05, 3.63) is 62.8 Å². The molecule has 1 aromatic carbocycles. The van der Waals surface area contributed by atoms with Crippen LogP contribution in [-0.2, 0) is 6.42 Å². The molecule has 0 amide bonds. The summed E-state index contributed by atoms with van der Waals surface area (Å²) in [6.07, 6.45) is 1.35. The van der Waals surface area contributed by atoms with Crippen molar-refractivity contribution in [2.75, 3.05) is 7.05 Å². The maximum absolute atomic E-state index is 12.3. The molecule has 0 aliphatic heterocycles. The standard InChI is InChI=1S/C17H21N3O/c1-5-14(18-4)16-12(3)19-15(20-17(16)21)10-13-8-6-7-11(2)9-13/h6-9H,5,10H2,1-4H3,(H,19,20,21). The van der Waals surface area contributed by atoms with Gasteiger partial charge in [-0.2, -0.15) is 0 Å². The highest BCUT2D eigenvalue weighted by Crippen LogP contribution is 2.10. The number of aryl methyl sites for hydroxylation is 2. The van der Waals surface area contributed by atoms with Crippen LogP contribution in [0.1, 0.15) is 41.6 Å². The van der Waals surface area contributed by atoms with Crippen molar-refractivity contribution in [2.45, 2.75) is 33.6 Å². The number of hydrogen-bond acceptors (Lipinski definition) is 3. The molecule has 4 nitrogen and oxygen atoms in total. The monoisotopic (exact) mass is 283 g/mol. The number of nitrogens with zero attached hydrogens (tertiary/aromatic N) is 2. The molecule has 0 atom stereocenters. The zero-order valence-electron chi connectivity index (χ0n) is 13.0. The SMILES string of the molecule is CCC(=NC)c1c(C)nc(Cc2cccc(C)c2)[nH]c1=O. The van der Waals surface area contributed by atoms with Gasteiger partial charge >= 0.3 is 0 Å². The van der Waals surface area contributed by atoms with Gasteiger partial charge in [0.25, 0.3) is 5.56 Å². The van der Waals surface area contributed by atoms with E-state index >= 15 is 0 Å². The fraction of sp³-hybridized carbons (Fsp3) is 0.353. The lowest BCUT2D eigenvalue weighted by molar-refractivity contribution is 0.913. The van der Waals surface area contributed by atoms with Gasteiger partial charge in [0.05, 0.1) is 11.3 Å². The first-order valence-electron chi connectivity index (χ1n) is 7.16. The minimum absolute atomic E-state index is 0.104. The van der Waals surface area contributed by atoms with Crippen molar-refractivity contribution in [2.24, 2.45) is 4.99 Å². The first-order chi connectivity index (χ1) is 10.0. The quantitative estimate of drug-likeness (QED) is 0.877. The van der Waals surface area contributed by atoms with Crippen LogP contribution in [0.25, 0.3) is 0 Å². The lowest BCUT2D eigenvalue weighted by Gasteiger charge is -2.08. The van der Waals surface area contributed by atoms with Gasteiger partial charge in [0.1, 0.15) is 5.82 Å². The van der Waals surface area contributed by atoms with E-state index in [0.717, 1.165) is 23.4 Å². The molecule has 0 radical (unpaired) electrons. The molecule has 0 aliphatic carbocycles. The molecular weight excluding hydrogens is 262 g/mol. The Bertz CT molecular complexity index is 729. The normalized spacial score (nSPS) is 11.7. The van der Waals surface area contributed by atoms with E-state index < -0.39 is 0 Å². The number of nitrogens with one attached hydrogen (secondary N) is 1. The molecule has 21 heavy (non-hydrogen) atoms. The number of rotatable bonds is 4. The summed E-state index contributed by atoms with van der Waals surface area (Å²) < 4.78 is 0. The maximum Gasteiger partial charge on any atom is 0.260 e. The molecule has 110 valence electrons. The Kier molecular flexibility index (Phi) is 4.68. The molecule has 2 aromatic rings. The molecule has 1 aromatic heterocycles. The molecule has 2 rings (SSSR count). The molecule has 0 saturated heterocycles. The number of aliphatic imine (C=N–C) groups is 1. The van der Waals surface area contributed by atoms with Crippen molar-refractivity contribution in [3.63, 3.8) is 0 Å². The van der Waals surface area contributed by atoms with Gasteiger partial charge in [-0.15, -0.1) is 0 Å². The number of H-pyrrole nitrogens is 1. The second-order valence-corrected chi connectivity index (χ2v) is 5.16. The third-order valence-electron chi connectivity index (χ3n) is 3.50. The van der Waals surface area contributed by atoms with Gasteiger partial charge in [-0.05, 0) is 25.8 Å². The van der Waals surface area contributed by atoms with Crippen LogP contribution in [0.4, 0.5) is 0 Å². The summed E-state index contributed by atoms with van der Waals surface area (Å²) in [5.41, 5.74) is 4.38. The largest absolute Gasteiger partial charge is 0.310 e. The fourth-order valence-electron chi connectivity index (χ4n) is 2.53. The molecule has 0 fully saturated rings. The topological polar surface area (TPSA) is 58.1 Å². The molecule has 0 bridgehead atoms. The summed E-state index contributed by atoms with van der Waals surface area (Å²) in [6.45, 7) is 5.91. The summed E-state index contributed by atoms with van der Waals surface area (Å²) in [7, 11) is 1.71. The van der Waals surface area contributed by atoms with Crippen LogP contribution in [0.15, 0.2) is 34.1 Å². The third-order valence-corrected chi connectivity index (χ3v) is 3.50. The van der Waals surface area contributed by atoms with Gasteiger partial charge in [0.15, 0.2) is 0 Å². The highest BCUT2D eigenvalue weighted by molar-refractivity contribution is 6.00. The van der Waals surface area contributed by atoms with Gasteiger partial charge in [-0.3, -0.25) is 9.79 Å². The predicted molar refractivity (Wildman–Crippen MR) is 86.3 cm³/mol. The van der Waals surface area contributed by atoms with E-state index in [-0.39, 0.29) is 5.56 Å². The van der Waals surface area contributed by atoms with Crippen LogP contribution < -0.4 is 5.56 Å². The van der Waals surface area contributed by atoms with Gasteiger partial charge in [-0.25, -0.2) is 4.98 Å². The zero-order chi connectivity index (χ0) is 15.4. The van der Waals surface area contributed by atoms with Crippen LogP contribution in [0.5, 0.6) is 0 Å². The average molecular weight is 283 g/mol. The van der Waals surface area contributed by atoms with E-state index in [2.05, 4.69) is 34.0 Å². The Balaban J connectivity index is 2.39. The van der Waals surface area contributed by atoms with Crippen LogP contribution in [0.3, 0.4) is 0 Å². The van der Waals surface area contributed by atoms with Gasteiger partial charge in [-0.1, -0.05) is 36.8 Å². The van der Waals surface area contributed by atoms with Crippen LogP contribution in [-0.4, -0.2) is 22.7 Å². The van der Waals surface area contributed by atoms with Crippen LogP contribution in [0.2, 0.25) is 0 Å².